The molecular formula is C8H13NO4. The molecule has 0 aromatic carbocycles. The van der Waals surface area contributed by atoms with Gasteiger partial charge in [-0.2, -0.15) is 0 Å². The predicted molar refractivity (Wildman–Crippen MR) is 46.0 cm³/mol. The van der Waals surface area contributed by atoms with E-state index in [9.17, 15) is 9.59 Å². The normalized spacial score (nSPS) is 12.8. The van der Waals surface area contributed by atoms with Crippen molar-refractivity contribution in [1.82, 2.24) is 0 Å². The van der Waals surface area contributed by atoms with Gasteiger partial charge in [-0.1, -0.05) is 12.2 Å². The second-order valence-corrected chi connectivity index (χ2v) is 2.42. The van der Waals surface area contributed by atoms with Crippen LogP contribution in [-0.2, 0) is 14.3 Å². The zero-order valence-electron chi connectivity index (χ0n) is 7.40. The number of carboxylic acids is 1. The van der Waals surface area contributed by atoms with Crippen molar-refractivity contribution in [2.75, 3.05) is 6.61 Å². The van der Waals surface area contributed by atoms with Gasteiger partial charge in [-0.3, -0.25) is 9.59 Å². The molecular weight excluding hydrogens is 174 g/mol. The van der Waals surface area contributed by atoms with E-state index in [2.05, 4.69) is 4.74 Å². The summed E-state index contributed by atoms with van der Waals surface area (Å²) in [6.45, 7) is 1.56. The molecule has 0 saturated carbocycles. The lowest BCUT2D eigenvalue weighted by atomic mass is 10.2. The van der Waals surface area contributed by atoms with Gasteiger partial charge in [0.2, 0.25) is 0 Å². The monoisotopic (exact) mass is 187 g/mol. The number of aliphatic carboxylic acids is 1. The van der Waals surface area contributed by atoms with E-state index in [0.29, 0.717) is 6.42 Å². The van der Waals surface area contributed by atoms with Gasteiger partial charge in [-0.05, 0) is 6.42 Å². The third-order valence-corrected chi connectivity index (χ3v) is 1.22. The zero-order chi connectivity index (χ0) is 10.3. The van der Waals surface area contributed by atoms with Gasteiger partial charge < -0.3 is 15.6 Å². The summed E-state index contributed by atoms with van der Waals surface area (Å²) in [5, 5.41) is 8.37. The predicted octanol–water partition coefficient (Wildman–Crippen LogP) is -0.0923. The maximum Gasteiger partial charge on any atom is 0.324 e. The Morgan fingerprint density at radius 2 is 2.23 bits per heavy atom. The van der Waals surface area contributed by atoms with Gasteiger partial charge in [0, 0.05) is 6.92 Å². The topological polar surface area (TPSA) is 89.6 Å². The molecule has 5 heteroatoms. The van der Waals surface area contributed by atoms with Crippen LogP contribution in [0.3, 0.4) is 0 Å². The van der Waals surface area contributed by atoms with Crippen LogP contribution in [0, 0.1) is 0 Å². The highest BCUT2D eigenvalue weighted by molar-refractivity contribution is 5.75. The molecule has 0 aliphatic heterocycles. The molecule has 0 fully saturated rings. The number of nitrogens with two attached hydrogens (primary N) is 1. The highest BCUT2D eigenvalue weighted by atomic mass is 16.5. The van der Waals surface area contributed by atoms with Crippen molar-refractivity contribution in [3.8, 4) is 0 Å². The fraction of sp³-hybridized carbons (Fsp3) is 0.500. The van der Waals surface area contributed by atoms with Crippen LogP contribution in [0.1, 0.15) is 13.3 Å². The van der Waals surface area contributed by atoms with Crippen LogP contribution in [0.2, 0.25) is 0 Å². The number of ether oxygens (including phenoxy) is 1. The van der Waals surface area contributed by atoms with E-state index in [1.165, 1.54) is 13.0 Å². The minimum absolute atomic E-state index is 0.248. The first kappa shape index (κ1) is 11.6. The quantitative estimate of drug-likeness (QED) is 0.356. The third kappa shape index (κ3) is 7.02. The minimum atomic E-state index is -1.08. The molecule has 0 saturated heterocycles. The Labute approximate surface area is 76.2 Å². The van der Waals surface area contributed by atoms with Crippen LogP contribution in [-0.4, -0.2) is 29.7 Å². The molecule has 3 N–H and O–H groups in total. The lowest BCUT2D eigenvalue weighted by Gasteiger charge is -1.99. The molecule has 0 aliphatic carbocycles. The molecule has 0 amide bonds. The maximum atomic E-state index is 10.3. The van der Waals surface area contributed by atoms with E-state index in [-0.39, 0.29) is 12.6 Å². The van der Waals surface area contributed by atoms with E-state index in [4.69, 9.17) is 10.8 Å². The summed E-state index contributed by atoms with van der Waals surface area (Å²) in [7, 11) is 0. The summed E-state index contributed by atoms with van der Waals surface area (Å²) in [5.41, 5.74) is 5.16. The van der Waals surface area contributed by atoms with Crippen molar-refractivity contribution < 1.29 is 19.4 Å². The fourth-order valence-electron chi connectivity index (χ4n) is 0.596. The molecule has 0 radical (unpaired) electrons. The Morgan fingerprint density at radius 3 is 2.69 bits per heavy atom. The fourth-order valence-corrected chi connectivity index (χ4v) is 0.596. The van der Waals surface area contributed by atoms with Crippen molar-refractivity contribution in [1.29, 1.82) is 0 Å². The number of hydrogen-bond acceptors (Lipinski definition) is 4. The lowest BCUT2D eigenvalue weighted by Crippen LogP contribution is -2.27. The van der Waals surface area contributed by atoms with Gasteiger partial charge in [0.25, 0.3) is 0 Å². The van der Waals surface area contributed by atoms with E-state index >= 15 is 0 Å². The number of carbonyl (C=O) groups is 2. The molecule has 0 aliphatic rings. The van der Waals surface area contributed by atoms with Crippen LogP contribution in [0.4, 0.5) is 0 Å². The molecule has 0 bridgehead atoms. The van der Waals surface area contributed by atoms with Gasteiger partial charge >= 0.3 is 11.9 Å². The molecule has 5 nitrogen and oxygen atoms in total. The number of hydrogen-bond donors (Lipinski definition) is 2. The SMILES string of the molecule is CC(=O)OCCC=CC(N)C(=O)O. The highest BCUT2D eigenvalue weighted by Gasteiger charge is 2.04. The Balaban J connectivity index is 3.52. The van der Waals surface area contributed by atoms with Gasteiger partial charge in [-0.15, -0.1) is 0 Å². The smallest absolute Gasteiger partial charge is 0.324 e. The molecule has 13 heavy (non-hydrogen) atoms. The first-order chi connectivity index (χ1) is 6.04. The van der Waals surface area contributed by atoms with Crippen LogP contribution < -0.4 is 5.73 Å². The van der Waals surface area contributed by atoms with Crippen LogP contribution in [0.5, 0.6) is 0 Å². The summed E-state index contributed by atoms with van der Waals surface area (Å²) >= 11 is 0. The van der Waals surface area contributed by atoms with Gasteiger partial charge in [0.1, 0.15) is 6.04 Å². The van der Waals surface area contributed by atoms with Gasteiger partial charge in [0.15, 0.2) is 0 Å². The Morgan fingerprint density at radius 1 is 1.62 bits per heavy atom. The largest absolute Gasteiger partial charge is 0.480 e. The second-order valence-electron chi connectivity index (χ2n) is 2.42. The number of carboxylic acid groups (broad SMARTS) is 1. The third-order valence-electron chi connectivity index (χ3n) is 1.22. The van der Waals surface area contributed by atoms with Crippen molar-refractivity contribution in [2.24, 2.45) is 5.73 Å². The first-order valence-corrected chi connectivity index (χ1v) is 3.82. The first-order valence-electron chi connectivity index (χ1n) is 3.82. The van der Waals surface area contributed by atoms with Gasteiger partial charge in [0.05, 0.1) is 6.61 Å². The van der Waals surface area contributed by atoms with Crippen molar-refractivity contribution >= 4 is 11.9 Å². The number of esters is 1. The average Bonchev–Trinajstić information content (AvgIpc) is 2.02. The molecule has 0 spiro atoms. The maximum absolute atomic E-state index is 10.3. The number of rotatable bonds is 5. The number of carbonyl (C=O) groups excluding carboxylic acids is 1. The Bertz CT molecular complexity index is 212. The van der Waals surface area contributed by atoms with E-state index in [0.717, 1.165) is 0 Å². The summed E-state index contributed by atoms with van der Waals surface area (Å²) < 4.78 is 4.61. The highest BCUT2D eigenvalue weighted by Crippen LogP contribution is 1.89. The van der Waals surface area contributed by atoms with E-state index in [1.807, 2.05) is 0 Å². The minimum Gasteiger partial charge on any atom is -0.480 e. The van der Waals surface area contributed by atoms with Crippen LogP contribution in [0.25, 0.3) is 0 Å². The van der Waals surface area contributed by atoms with E-state index in [1.54, 1.807) is 6.08 Å². The zero-order valence-corrected chi connectivity index (χ0v) is 7.40. The lowest BCUT2D eigenvalue weighted by molar-refractivity contribution is -0.141. The summed E-state index contributed by atoms with van der Waals surface area (Å²) in [6, 6.07) is -0.989. The molecule has 74 valence electrons. The van der Waals surface area contributed by atoms with Gasteiger partial charge in [-0.25, -0.2) is 0 Å². The van der Waals surface area contributed by atoms with Crippen LogP contribution >= 0.6 is 0 Å². The summed E-state index contributed by atoms with van der Waals surface area (Å²) in [4.78, 5) is 20.5. The molecule has 0 aromatic heterocycles. The van der Waals surface area contributed by atoms with E-state index < -0.39 is 12.0 Å². The van der Waals surface area contributed by atoms with Crippen molar-refractivity contribution in [3.63, 3.8) is 0 Å². The summed E-state index contributed by atoms with van der Waals surface area (Å²) in [5.74, 6) is -1.43. The van der Waals surface area contributed by atoms with Crippen LogP contribution in [0.15, 0.2) is 12.2 Å². The standard InChI is InChI=1S/C8H13NO4/c1-6(10)13-5-3-2-4-7(9)8(11)12/h2,4,7H,3,5,9H2,1H3,(H,11,12). The molecule has 1 atom stereocenters. The van der Waals surface area contributed by atoms with Crippen molar-refractivity contribution in [3.05, 3.63) is 12.2 Å². The second kappa shape index (κ2) is 6.19. The molecule has 1 unspecified atom stereocenters. The Hall–Kier alpha value is -1.36. The molecule has 0 heterocycles. The molecule has 0 rings (SSSR count). The average molecular weight is 187 g/mol. The summed E-state index contributed by atoms with van der Waals surface area (Å²) in [6.07, 6.45) is 3.40. The van der Waals surface area contributed by atoms with Crippen molar-refractivity contribution in [2.45, 2.75) is 19.4 Å². The Kier molecular flexibility index (Phi) is 5.54. The molecule has 0 aromatic rings.